The Balaban J connectivity index is 2.06. The van der Waals surface area contributed by atoms with E-state index in [9.17, 15) is 5.11 Å². The molecular weight excluding hydrogens is 206 g/mol. The molecule has 16 heavy (non-hydrogen) atoms. The Labute approximate surface area is 95.1 Å². The van der Waals surface area contributed by atoms with Crippen LogP contribution in [-0.4, -0.2) is 43.1 Å². The maximum Gasteiger partial charge on any atom is 0.102 e. The predicted octanol–water partition coefficient (Wildman–Crippen LogP) is 0.549. The fraction of sp³-hybridized carbons (Fsp3) is 0.500. The molecule has 0 bridgehead atoms. The Bertz CT molecular complexity index is 320. The van der Waals surface area contributed by atoms with Gasteiger partial charge in [-0.2, -0.15) is 0 Å². The SMILES string of the molecule is OCC(O)c1ccc(N2CCOCC2)cc1. The van der Waals surface area contributed by atoms with Crippen LogP contribution in [-0.2, 0) is 4.74 Å². The van der Waals surface area contributed by atoms with Crippen molar-refractivity contribution in [2.45, 2.75) is 6.10 Å². The minimum absolute atomic E-state index is 0.239. The Kier molecular flexibility index (Phi) is 3.77. The maximum absolute atomic E-state index is 9.45. The van der Waals surface area contributed by atoms with Gasteiger partial charge in [-0.15, -0.1) is 0 Å². The van der Waals surface area contributed by atoms with Gasteiger partial charge >= 0.3 is 0 Å². The number of morpholine rings is 1. The summed E-state index contributed by atoms with van der Waals surface area (Å²) in [5, 5.41) is 18.3. The van der Waals surface area contributed by atoms with E-state index in [0.717, 1.165) is 37.6 Å². The smallest absolute Gasteiger partial charge is 0.102 e. The van der Waals surface area contributed by atoms with Crippen LogP contribution >= 0.6 is 0 Å². The first kappa shape index (κ1) is 11.4. The second-order valence-electron chi connectivity index (χ2n) is 3.89. The van der Waals surface area contributed by atoms with Gasteiger partial charge in [0.2, 0.25) is 0 Å². The summed E-state index contributed by atoms with van der Waals surface area (Å²) in [4.78, 5) is 2.25. The van der Waals surface area contributed by atoms with Crippen molar-refractivity contribution in [2.75, 3.05) is 37.8 Å². The van der Waals surface area contributed by atoms with Gasteiger partial charge in [0.25, 0.3) is 0 Å². The van der Waals surface area contributed by atoms with Gasteiger partial charge in [-0.1, -0.05) is 12.1 Å². The van der Waals surface area contributed by atoms with Crippen LogP contribution in [0.25, 0.3) is 0 Å². The van der Waals surface area contributed by atoms with Crippen molar-refractivity contribution in [1.29, 1.82) is 0 Å². The predicted molar refractivity (Wildman–Crippen MR) is 61.5 cm³/mol. The van der Waals surface area contributed by atoms with E-state index in [2.05, 4.69) is 4.90 Å². The second-order valence-corrected chi connectivity index (χ2v) is 3.89. The molecule has 0 aliphatic carbocycles. The molecule has 0 spiro atoms. The zero-order chi connectivity index (χ0) is 11.4. The quantitative estimate of drug-likeness (QED) is 0.785. The lowest BCUT2D eigenvalue weighted by atomic mass is 10.1. The minimum atomic E-state index is -0.779. The molecule has 1 unspecified atom stereocenters. The van der Waals surface area contributed by atoms with Crippen LogP contribution in [0, 0.1) is 0 Å². The van der Waals surface area contributed by atoms with Crippen molar-refractivity contribution in [3.8, 4) is 0 Å². The third-order valence-corrected chi connectivity index (χ3v) is 2.83. The second kappa shape index (κ2) is 5.30. The van der Waals surface area contributed by atoms with Gasteiger partial charge in [-0.05, 0) is 17.7 Å². The highest BCUT2D eigenvalue weighted by atomic mass is 16.5. The molecule has 1 saturated heterocycles. The van der Waals surface area contributed by atoms with E-state index >= 15 is 0 Å². The highest BCUT2D eigenvalue weighted by molar-refractivity contribution is 5.48. The zero-order valence-electron chi connectivity index (χ0n) is 9.17. The third-order valence-electron chi connectivity index (χ3n) is 2.83. The minimum Gasteiger partial charge on any atom is -0.393 e. The first-order chi connectivity index (χ1) is 7.81. The summed E-state index contributed by atoms with van der Waals surface area (Å²) in [6.07, 6.45) is -0.779. The van der Waals surface area contributed by atoms with Gasteiger partial charge < -0.3 is 19.8 Å². The molecule has 0 aromatic heterocycles. The van der Waals surface area contributed by atoms with Crippen molar-refractivity contribution in [1.82, 2.24) is 0 Å². The van der Waals surface area contributed by atoms with Gasteiger partial charge in [0.05, 0.1) is 19.8 Å². The standard InChI is InChI=1S/C12H17NO3/c14-9-12(15)10-1-3-11(4-2-10)13-5-7-16-8-6-13/h1-4,12,14-15H,5-9H2. The fourth-order valence-electron chi connectivity index (χ4n) is 1.83. The summed E-state index contributed by atoms with van der Waals surface area (Å²) < 4.78 is 5.29. The molecule has 2 rings (SSSR count). The van der Waals surface area contributed by atoms with Crippen molar-refractivity contribution in [3.05, 3.63) is 29.8 Å². The lowest BCUT2D eigenvalue weighted by Gasteiger charge is -2.29. The number of anilines is 1. The number of hydrogen-bond donors (Lipinski definition) is 2. The summed E-state index contributed by atoms with van der Waals surface area (Å²) in [7, 11) is 0. The Hall–Kier alpha value is -1.10. The number of aliphatic hydroxyl groups is 2. The molecular formula is C12H17NO3. The molecule has 1 fully saturated rings. The zero-order valence-corrected chi connectivity index (χ0v) is 9.17. The van der Waals surface area contributed by atoms with Crippen LogP contribution in [0.3, 0.4) is 0 Å². The number of nitrogens with zero attached hydrogens (tertiary/aromatic N) is 1. The van der Waals surface area contributed by atoms with Crippen LogP contribution in [0.4, 0.5) is 5.69 Å². The topological polar surface area (TPSA) is 52.9 Å². The fourth-order valence-corrected chi connectivity index (χ4v) is 1.83. The molecule has 1 heterocycles. The molecule has 88 valence electrons. The average molecular weight is 223 g/mol. The molecule has 0 saturated carbocycles. The van der Waals surface area contributed by atoms with Gasteiger partial charge in [0.15, 0.2) is 0 Å². The number of ether oxygens (including phenoxy) is 1. The summed E-state index contributed by atoms with van der Waals surface area (Å²) >= 11 is 0. The molecule has 1 aromatic carbocycles. The largest absolute Gasteiger partial charge is 0.393 e. The summed E-state index contributed by atoms with van der Waals surface area (Å²) in [5.41, 5.74) is 1.89. The van der Waals surface area contributed by atoms with Crippen molar-refractivity contribution in [2.24, 2.45) is 0 Å². The number of hydrogen-bond acceptors (Lipinski definition) is 4. The lowest BCUT2D eigenvalue weighted by Crippen LogP contribution is -2.36. The van der Waals surface area contributed by atoms with Gasteiger partial charge in [0.1, 0.15) is 6.10 Å². The average Bonchev–Trinajstić information content (AvgIpc) is 2.39. The molecule has 4 heteroatoms. The molecule has 1 atom stereocenters. The molecule has 0 amide bonds. The summed E-state index contributed by atoms with van der Waals surface area (Å²) in [6, 6.07) is 7.65. The van der Waals surface area contributed by atoms with E-state index in [1.54, 1.807) is 0 Å². The van der Waals surface area contributed by atoms with Crippen LogP contribution in [0.5, 0.6) is 0 Å². The molecule has 0 radical (unpaired) electrons. The molecule has 4 nitrogen and oxygen atoms in total. The van der Waals surface area contributed by atoms with E-state index in [-0.39, 0.29) is 6.61 Å². The number of benzene rings is 1. The maximum atomic E-state index is 9.45. The van der Waals surface area contributed by atoms with E-state index in [4.69, 9.17) is 9.84 Å². The monoisotopic (exact) mass is 223 g/mol. The van der Waals surface area contributed by atoms with E-state index in [1.165, 1.54) is 0 Å². The summed E-state index contributed by atoms with van der Waals surface area (Å²) in [5.74, 6) is 0. The van der Waals surface area contributed by atoms with Crippen LogP contribution in [0.2, 0.25) is 0 Å². The Morgan fingerprint density at radius 3 is 2.38 bits per heavy atom. The lowest BCUT2D eigenvalue weighted by molar-refractivity contribution is 0.0956. The Morgan fingerprint density at radius 1 is 1.19 bits per heavy atom. The van der Waals surface area contributed by atoms with E-state index in [0.29, 0.717) is 0 Å². The molecule has 1 aliphatic rings. The Morgan fingerprint density at radius 2 is 1.81 bits per heavy atom. The van der Waals surface area contributed by atoms with Crippen LogP contribution in [0.15, 0.2) is 24.3 Å². The van der Waals surface area contributed by atoms with Gasteiger partial charge in [-0.25, -0.2) is 0 Å². The molecule has 1 aliphatic heterocycles. The van der Waals surface area contributed by atoms with Gasteiger partial charge in [0, 0.05) is 18.8 Å². The first-order valence-electron chi connectivity index (χ1n) is 5.53. The highest BCUT2D eigenvalue weighted by Gasteiger charge is 2.11. The van der Waals surface area contributed by atoms with Crippen LogP contribution < -0.4 is 4.90 Å². The van der Waals surface area contributed by atoms with Crippen molar-refractivity contribution < 1.29 is 14.9 Å². The van der Waals surface area contributed by atoms with E-state index < -0.39 is 6.10 Å². The van der Waals surface area contributed by atoms with E-state index in [1.807, 2.05) is 24.3 Å². The van der Waals surface area contributed by atoms with Gasteiger partial charge in [-0.3, -0.25) is 0 Å². The third kappa shape index (κ3) is 2.52. The van der Waals surface area contributed by atoms with Crippen LogP contribution in [0.1, 0.15) is 11.7 Å². The number of rotatable bonds is 3. The highest BCUT2D eigenvalue weighted by Crippen LogP contribution is 2.19. The molecule has 2 N–H and O–H groups in total. The molecule has 1 aromatic rings. The normalized spacial score (nSPS) is 18.5. The summed E-state index contributed by atoms with van der Waals surface area (Å²) in [6.45, 7) is 3.10. The first-order valence-corrected chi connectivity index (χ1v) is 5.53. The van der Waals surface area contributed by atoms with Crippen molar-refractivity contribution in [3.63, 3.8) is 0 Å². The van der Waals surface area contributed by atoms with Crippen molar-refractivity contribution >= 4 is 5.69 Å². The number of aliphatic hydroxyl groups excluding tert-OH is 2.